The second-order valence-corrected chi connectivity index (χ2v) is 5.04. The van der Waals surface area contributed by atoms with Gasteiger partial charge in [0.1, 0.15) is 0 Å². The van der Waals surface area contributed by atoms with Crippen molar-refractivity contribution in [3.63, 3.8) is 0 Å². The standard InChI is InChI=1S/C10H21.ClH.K.H3N/c1-3-5-7-9-10-8-6-4-2;;;/h1,3-10H2,2H3;1H;;1H3. The van der Waals surface area contributed by atoms with Crippen LogP contribution in [0.25, 0.3) is 0 Å². The molecule has 0 aromatic heterocycles. The zero-order valence-electron chi connectivity index (χ0n) is 9.48. The molecule has 3 heteroatoms. The third-order valence-corrected chi connectivity index (χ3v) is 3.31. The molecule has 0 amide bonds. The summed E-state index contributed by atoms with van der Waals surface area (Å²) in [6, 6.07) is 0. The predicted octanol–water partition coefficient (Wildman–Crippen LogP) is 4.30. The summed E-state index contributed by atoms with van der Waals surface area (Å²) in [6.07, 6.45) is 11.8. The van der Waals surface area contributed by atoms with Gasteiger partial charge in [0.05, 0.1) is 0 Å². The Morgan fingerprint density at radius 2 is 1.15 bits per heavy atom. The van der Waals surface area contributed by atoms with E-state index in [2.05, 4.69) is 6.92 Å². The van der Waals surface area contributed by atoms with Crippen LogP contribution in [0.1, 0.15) is 58.3 Å². The van der Waals surface area contributed by atoms with E-state index in [1.165, 1.54) is 51.4 Å². The van der Waals surface area contributed by atoms with Crippen LogP contribution in [0.4, 0.5) is 0 Å². The van der Waals surface area contributed by atoms with Gasteiger partial charge >= 0.3 is 108 Å². The fraction of sp³-hybridized carbons (Fsp3) is 1.00. The second kappa shape index (κ2) is 19.5. The molecule has 0 unspecified atom stereocenters. The molecule has 0 aliphatic heterocycles. The van der Waals surface area contributed by atoms with Gasteiger partial charge in [-0.15, -0.1) is 12.4 Å². The van der Waals surface area contributed by atoms with Gasteiger partial charge in [-0.1, -0.05) is 0 Å². The summed E-state index contributed by atoms with van der Waals surface area (Å²) >= 11 is 1.11. The molecule has 3 N–H and O–H groups in total. The molecule has 0 aromatic rings. The smallest absolute Gasteiger partial charge is 0.147 e. The zero-order valence-corrected chi connectivity index (χ0v) is 13.4. The maximum atomic E-state index is 2.28. The van der Waals surface area contributed by atoms with E-state index >= 15 is 0 Å². The van der Waals surface area contributed by atoms with Crippen LogP contribution in [0.2, 0.25) is 0.515 Å². The van der Waals surface area contributed by atoms with E-state index in [4.69, 9.17) is 0 Å². The Bertz CT molecular complexity index is 63.9. The Kier molecular flexibility index (Phi) is 30.4. The topological polar surface area (TPSA) is 35.0 Å². The van der Waals surface area contributed by atoms with Gasteiger partial charge in [-0.2, -0.15) is 0 Å². The Labute approximate surface area is 124 Å². The van der Waals surface area contributed by atoms with Gasteiger partial charge < -0.3 is 6.15 Å². The minimum absolute atomic E-state index is 0. The first kappa shape index (κ1) is 20.3. The molecule has 0 aliphatic carbocycles. The zero-order chi connectivity index (χ0) is 8.36. The summed E-state index contributed by atoms with van der Waals surface area (Å²) in [7, 11) is 0. The molecule has 1 nitrogen and oxygen atoms in total. The number of hydrogen-bond acceptors (Lipinski definition) is 1. The van der Waals surface area contributed by atoms with Gasteiger partial charge in [0, 0.05) is 0 Å². The van der Waals surface area contributed by atoms with Gasteiger partial charge in [0.2, 0.25) is 0 Å². The average molecular weight is 234 g/mol. The van der Waals surface area contributed by atoms with E-state index in [1.54, 1.807) is 0.515 Å². The number of rotatable bonds is 8. The molecule has 0 aliphatic rings. The van der Waals surface area contributed by atoms with Crippen molar-refractivity contribution in [2.24, 2.45) is 0 Å². The van der Waals surface area contributed by atoms with Crippen LogP contribution in [0, 0.1) is 0 Å². The summed E-state index contributed by atoms with van der Waals surface area (Å²) in [5, 5.41) is 0. The molecule has 0 rings (SSSR count). The van der Waals surface area contributed by atoms with Crippen molar-refractivity contribution >= 4 is 61.4 Å². The fourth-order valence-electron chi connectivity index (χ4n) is 1.38. The Hall–Kier alpha value is 1.89. The average Bonchev–Trinajstić information content (AvgIpc) is 2.03. The first-order valence-corrected chi connectivity index (χ1v) is 7.62. The van der Waals surface area contributed by atoms with Crippen LogP contribution < -0.4 is 6.15 Å². The molecule has 0 fully saturated rings. The summed E-state index contributed by atoms with van der Waals surface area (Å²) in [4.78, 5) is 0. The van der Waals surface area contributed by atoms with Crippen molar-refractivity contribution in [2.45, 2.75) is 58.8 Å². The molecular formula is C10H25ClKN. The summed E-state index contributed by atoms with van der Waals surface area (Å²) in [5.74, 6) is 0. The third-order valence-electron chi connectivity index (χ3n) is 2.21. The molecular weight excluding hydrogens is 209 g/mol. The molecule has 0 atom stereocenters. The van der Waals surface area contributed by atoms with Gasteiger partial charge in [-0.05, 0) is 0 Å². The largest absolute Gasteiger partial charge is 0.344 e. The number of halogens is 1. The quantitative estimate of drug-likeness (QED) is 0.493. The van der Waals surface area contributed by atoms with Crippen LogP contribution in [-0.2, 0) is 0 Å². The Balaban J connectivity index is -0.000000500. The molecule has 0 radical (unpaired) electrons. The van der Waals surface area contributed by atoms with E-state index in [-0.39, 0.29) is 18.6 Å². The van der Waals surface area contributed by atoms with Gasteiger partial charge in [0.15, 0.2) is 0 Å². The van der Waals surface area contributed by atoms with Crippen molar-refractivity contribution in [3.8, 4) is 0 Å². The SMILES string of the molecule is CCCCCCCCC[CH2][K].Cl.N. The monoisotopic (exact) mass is 233 g/mol. The van der Waals surface area contributed by atoms with Crippen molar-refractivity contribution in [3.05, 3.63) is 0 Å². The van der Waals surface area contributed by atoms with Crippen LogP contribution in [0.3, 0.4) is 0 Å². The molecule has 0 spiro atoms. The van der Waals surface area contributed by atoms with Crippen molar-refractivity contribution < 1.29 is 0 Å². The van der Waals surface area contributed by atoms with Gasteiger partial charge in [-0.3, -0.25) is 0 Å². The third kappa shape index (κ3) is 20.1. The van der Waals surface area contributed by atoms with E-state index < -0.39 is 0 Å². The predicted molar refractivity (Wildman–Crippen MR) is 65.4 cm³/mol. The second-order valence-electron chi connectivity index (χ2n) is 3.47. The van der Waals surface area contributed by atoms with Crippen LogP contribution in [0.15, 0.2) is 0 Å². The van der Waals surface area contributed by atoms with Gasteiger partial charge in [-0.25, -0.2) is 0 Å². The van der Waals surface area contributed by atoms with Crippen LogP contribution >= 0.6 is 12.4 Å². The van der Waals surface area contributed by atoms with Crippen molar-refractivity contribution in [2.75, 3.05) is 0 Å². The fourth-order valence-corrected chi connectivity index (χ4v) is 2.16. The number of hydrogen-bond donors (Lipinski definition) is 1. The maximum Gasteiger partial charge on any atom is -0.147 e. The molecule has 0 saturated carbocycles. The molecule has 0 heterocycles. The minimum Gasteiger partial charge on any atom is -0.344 e. The summed E-state index contributed by atoms with van der Waals surface area (Å²) in [6.45, 7) is 2.28. The first-order chi connectivity index (χ1) is 5.41. The van der Waals surface area contributed by atoms with E-state index in [0.717, 1.165) is 49.0 Å². The summed E-state index contributed by atoms with van der Waals surface area (Å²) in [5.41, 5.74) is 0. The van der Waals surface area contributed by atoms with Crippen molar-refractivity contribution in [1.29, 1.82) is 0 Å². The van der Waals surface area contributed by atoms with E-state index in [1.807, 2.05) is 0 Å². The van der Waals surface area contributed by atoms with E-state index in [9.17, 15) is 0 Å². The molecule has 78 valence electrons. The minimum atomic E-state index is 0. The molecule has 13 heavy (non-hydrogen) atoms. The van der Waals surface area contributed by atoms with Gasteiger partial charge in [0.25, 0.3) is 0 Å². The molecule has 0 aromatic carbocycles. The van der Waals surface area contributed by atoms with E-state index in [0.29, 0.717) is 0 Å². The normalized spacial score (nSPS) is 8.85. The van der Waals surface area contributed by atoms with Crippen LogP contribution in [0.5, 0.6) is 0 Å². The van der Waals surface area contributed by atoms with Crippen molar-refractivity contribution in [1.82, 2.24) is 6.15 Å². The Morgan fingerprint density at radius 1 is 0.769 bits per heavy atom. The van der Waals surface area contributed by atoms with Crippen LogP contribution in [-0.4, -0.2) is 49.0 Å². The first-order valence-electron chi connectivity index (χ1n) is 5.41. The maximum absolute atomic E-state index is 2.28. The summed E-state index contributed by atoms with van der Waals surface area (Å²) < 4.78 is 1.56. The Morgan fingerprint density at radius 3 is 1.54 bits per heavy atom. The number of unbranched alkanes of at least 4 members (excludes halogenated alkanes) is 7. The molecule has 0 bridgehead atoms. The molecule has 0 saturated heterocycles.